The number of ether oxygens (including phenoxy) is 4. The van der Waals surface area contributed by atoms with E-state index in [1.54, 1.807) is 13.0 Å². The van der Waals surface area contributed by atoms with Crippen LogP contribution in [0.25, 0.3) is 0 Å². The van der Waals surface area contributed by atoms with Crippen molar-refractivity contribution in [1.82, 2.24) is 10.6 Å². The van der Waals surface area contributed by atoms with E-state index in [0.29, 0.717) is 13.0 Å². The van der Waals surface area contributed by atoms with Crippen LogP contribution in [-0.2, 0) is 33.3 Å². The highest BCUT2D eigenvalue weighted by molar-refractivity contribution is 5.87. The zero-order valence-corrected chi connectivity index (χ0v) is 24.9. The summed E-state index contributed by atoms with van der Waals surface area (Å²) in [4.78, 5) is 35.3. The Morgan fingerprint density at radius 3 is 2.55 bits per heavy atom. The summed E-state index contributed by atoms with van der Waals surface area (Å²) in [7, 11) is 0. The van der Waals surface area contributed by atoms with Gasteiger partial charge in [-0.05, 0) is 52.0 Å². The van der Waals surface area contributed by atoms with Gasteiger partial charge in [0.05, 0.1) is 42.7 Å². The molecule has 2 N–H and O–H groups in total. The van der Waals surface area contributed by atoms with Gasteiger partial charge in [0.15, 0.2) is 0 Å². The van der Waals surface area contributed by atoms with Gasteiger partial charge in [-0.2, -0.15) is 0 Å². The van der Waals surface area contributed by atoms with E-state index in [1.807, 2.05) is 13.8 Å². The topological polar surface area (TPSA) is 115 Å². The van der Waals surface area contributed by atoms with E-state index in [9.17, 15) is 14.4 Å². The third-order valence-corrected chi connectivity index (χ3v) is 7.76. The van der Waals surface area contributed by atoms with Crippen LogP contribution in [0, 0.1) is 5.92 Å². The molecule has 8 atom stereocenters. The van der Waals surface area contributed by atoms with Crippen LogP contribution in [0.5, 0.6) is 0 Å². The lowest BCUT2D eigenvalue weighted by Gasteiger charge is -2.39. The Kier molecular flexibility index (Phi) is 12.0. The SMILES string of the molecule is CCCC(=O)NC[C@@H]1C[C@@]2(CO2)C[C@@H](/C=C/C(C)=C/C[C@@H]2O[C@H](C)[C@H](NC(=O)/C=C\[C@H](C)OC(C)=O)C[C@@H]2C)O1. The predicted octanol–water partition coefficient (Wildman–Crippen LogP) is 3.92. The lowest BCUT2D eigenvalue weighted by atomic mass is 9.88. The summed E-state index contributed by atoms with van der Waals surface area (Å²) < 4.78 is 23.3. The molecule has 0 unspecified atom stereocenters. The Balaban J connectivity index is 1.45. The number of allylic oxidation sites excluding steroid dienone is 2. The maximum atomic E-state index is 12.4. The van der Waals surface area contributed by atoms with E-state index in [2.05, 4.69) is 42.7 Å². The largest absolute Gasteiger partial charge is 0.459 e. The summed E-state index contributed by atoms with van der Waals surface area (Å²) in [5.74, 6) is -0.262. The molecule has 0 radical (unpaired) electrons. The fourth-order valence-corrected chi connectivity index (χ4v) is 5.42. The molecule has 0 aromatic rings. The second kappa shape index (κ2) is 14.9. The van der Waals surface area contributed by atoms with E-state index >= 15 is 0 Å². The van der Waals surface area contributed by atoms with Crippen molar-refractivity contribution in [3.63, 3.8) is 0 Å². The highest BCUT2D eigenvalue weighted by atomic mass is 16.6. The molecule has 9 heteroatoms. The number of epoxide rings is 1. The molecule has 0 aromatic carbocycles. The highest BCUT2D eigenvalue weighted by Gasteiger charge is 2.51. The van der Waals surface area contributed by atoms with E-state index in [0.717, 1.165) is 44.3 Å². The molecule has 3 saturated heterocycles. The Bertz CT molecular complexity index is 971. The summed E-state index contributed by atoms with van der Waals surface area (Å²) in [6, 6.07) is -0.0856. The maximum Gasteiger partial charge on any atom is 0.303 e. The number of rotatable bonds is 12. The van der Waals surface area contributed by atoms with Gasteiger partial charge in [0.1, 0.15) is 6.10 Å². The first-order valence-electron chi connectivity index (χ1n) is 14.7. The molecular weight excluding hydrogens is 512 g/mol. The third kappa shape index (κ3) is 10.5. The average molecular weight is 561 g/mol. The zero-order valence-electron chi connectivity index (χ0n) is 24.9. The number of carbonyl (C=O) groups excluding carboxylic acids is 3. The molecule has 3 heterocycles. The van der Waals surface area contributed by atoms with Crippen LogP contribution in [-0.4, -0.2) is 73.1 Å². The molecule has 0 saturated carbocycles. The molecule has 3 rings (SSSR count). The first kappa shape index (κ1) is 32.0. The third-order valence-electron chi connectivity index (χ3n) is 7.76. The molecular formula is C31H48N2O7. The highest BCUT2D eigenvalue weighted by Crippen LogP contribution is 2.42. The van der Waals surface area contributed by atoms with Crippen molar-refractivity contribution in [3.05, 3.63) is 36.0 Å². The van der Waals surface area contributed by atoms with Crippen LogP contribution in [0.4, 0.5) is 0 Å². The van der Waals surface area contributed by atoms with Crippen molar-refractivity contribution in [1.29, 1.82) is 0 Å². The van der Waals surface area contributed by atoms with Crippen LogP contribution in [0.15, 0.2) is 36.0 Å². The van der Waals surface area contributed by atoms with Crippen LogP contribution in [0.2, 0.25) is 0 Å². The quantitative estimate of drug-likeness (QED) is 0.161. The molecule has 0 aromatic heterocycles. The molecule has 3 aliphatic heterocycles. The molecule has 9 nitrogen and oxygen atoms in total. The van der Waals surface area contributed by atoms with Gasteiger partial charge in [0, 0.05) is 38.8 Å². The molecule has 3 fully saturated rings. The van der Waals surface area contributed by atoms with Crippen molar-refractivity contribution in [2.45, 2.75) is 122 Å². The van der Waals surface area contributed by atoms with Crippen molar-refractivity contribution < 1.29 is 33.3 Å². The number of hydrogen-bond acceptors (Lipinski definition) is 7. The van der Waals surface area contributed by atoms with E-state index in [1.165, 1.54) is 13.0 Å². The Morgan fingerprint density at radius 1 is 1.12 bits per heavy atom. The summed E-state index contributed by atoms with van der Waals surface area (Å²) >= 11 is 0. The second-order valence-corrected chi connectivity index (χ2v) is 11.7. The van der Waals surface area contributed by atoms with Crippen molar-refractivity contribution in [3.8, 4) is 0 Å². The van der Waals surface area contributed by atoms with Gasteiger partial charge < -0.3 is 29.6 Å². The predicted molar refractivity (Wildman–Crippen MR) is 152 cm³/mol. The van der Waals surface area contributed by atoms with Crippen LogP contribution in [0.1, 0.15) is 80.1 Å². The Morgan fingerprint density at radius 2 is 1.88 bits per heavy atom. The van der Waals surface area contributed by atoms with Gasteiger partial charge in [-0.3, -0.25) is 14.4 Å². The van der Waals surface area contributed by atoms with Gasteiger partial charge in [0.2, 0.25) is 11.8 Å². The van der Waals surface area contributed by atoms with E-state index < -0.39 is 6.10 Å². The fourth-order valence-electron chi connectivity index (χ4n) is 5.42. The van der Waals surface area contributed by atoms with E-state index in [4.69, 9.17) is 18.9 Å². The number of nitrogens with one attached hydrogen (secondary N) is 2. The zero-order chi connectivity index (χ0) is 29.3. The maximum absolute atomic E-state index is 12.4. The molecule has 3 aliphatic rings. The second-order valence-electron chi connectivity index (χ2n) is 11.7. The smallest absolute Gasteiger partial charge is 0.303 e. The van der Waals surface area contributed by atoms with Gasteiger partial charge in [-0.25, -0.2) is 0 Å². The van der Waals surface area contributed by atoms with Crippen molar-refractivity contribution >= 4 is 17.8 Å². The first-order chi connectivity index (χ1) is 19.0. The standard InChI is InChI=1S/C31H48N2O7/c1-7-8-29(35)32-18-26-17-31(19-37-31)16-25(40-26)12-9-20(2)10-13-28-21(3)15-27(23(5)39-28)33-30(36)14-11-22(4)38-24(6)34/h9-12,14,21-23,25-28H,7-8,13,15-19H2,1-6H3,(H,32,35)(H,33,36)/b12-9+,14-11-,20-10+/t21-,22-,23+,25+,26-,27+,28-,31+/m0/s1. The summed E-state index contributed by atoms with van der Waals surface area (Å²) in [5.41, 5.74) is 1.04. The number of carbonyl (C=O) groups is 3. The van der Waals surface area contributed by atoms with Gasteiger partial charge >= 0.3 is 5.97 Å². The minimum absolute atomic E-state index is 0.0461. The molecule has 0 aliphatic carbocycles. The first-order valence-corrected chi connectivity index (χ1v) is 14.7. The molecule has 0 bridgehead atoms. The Labute approximate surface area is 239 Å². The fraction of sp³-hybridized carbons (Fsp3) is 0.710. The van der Waals surface area contributed by atoms with Gasteiger partial charge in [-0.1, -0.05) is 37.6 Å². The van der Waals surface area contributed by atoms with Crippen molar-refractivity contribution in [2.24, 2.45) is 5.92 Å². The lowest BCUT2D eigenvalue weighted by molar-refractivity contribution is -0.143. The number of hydrogen-bond donors (Lipinski definition) is 2. The van der Waals surface area contributed by atoms with Gasteiger partial charge in [-0.15, -0.1) is 0 Å². The summed E-state index contributed by atoms with van der Waals surface area (Å²) in [6.45, 7) is 12.5. The summed E-state index contributed by atoms with van der Waals surface area (Å²) in [5, 5.41) is 6.01. The molecule has 224 valence electrons. The van der Waals surface area contributed by atoms with Gasteiger partial charge in [0.25, 0.3) is 0 Å². The van der Waals surface area contributed by atoms with Crippen LogP contribution in [0.3, 0.4) is 0 Å². The Hall–Kier alpha value is -2.49. The number of esters is 1. The molecule has 1 spiro atoms. The van der Waals surface area contributed by atoms with Crippen LogP contribution >= 0.6 is 0 Å². The molecule has 40 heavy (non-hydrogen) atoms. The monoisotopic (exact) mass is 560 g/mol. The van der Waals surface area contributed by atoms with Crippen LogP contribution < -0.4 is 10.6 Å². The normalized spacial score (nSPS) is 33.2. The number of amides is 2. The van der Waals surface area contributed by atoms with E-state index in [-0.39, 0.29) is 59.8 Å². The lowest BCUT2D eigenvalue weighted by Crippen LogP contribution is -2.50. The average Bonchev–Trinajstić information content (AvgIpc) is 3.63. The summed E-state index contributed by atoms with van der Waals surface area (Å²) in [6.07, 6.45) is 13.4. The minimum Gasteiger partial charge on any atom is -0.459 e. The minimum atomic E-state index is -0.455. The molecule has 2 amide bonds. The van der Waals surface area contributed by atoms with Crippen molar-refractivity contribution in [2.75, 3.05) is 13.2 Å².